The van der Waals surface area contributed by atoms with Crippen LogP contribution in [0, 0.1) is 6.92 Å². The summed E-state index contributed by atoms with van der Waals surface area (Å²) >= 11 is 0. The second kappa shape index (κ2) is 11.8. The summed E-state index contributed by atoms with van der Waals surface area (Å²) in [4.78, 5) is 17.8. The quantitative estimate of drug-likeness (QED) is 0.428. The van der Waals surface area contributed by atoms with Crippen molar-refractivity contribution in [1.29, 1.82) is 0 Å². The van der Waals surface area contributed by atoms with Crippen molar-refractivity contribution in [1.82, 2.24) is 34.6 Å². The van der Waals surface area contributed by atoms with Crippen LogP contribution in [-0.2, 0) is 19.1 Å². The molecule has 0 amide bonds. The zero-order valence-electron chi connectivity index (χ0n) is 25.6. The molecule has 1 aromatic carbocycles. The molecule has 0 aliphatic carbocycles. The topological polar surface area (TPSA) is 72.7 Å². The van der Waals surface area contributed by atoms with Gasteiger partial charge in [-0.25, -0.2) is 9.97 Å². The van der Waals surface area contributed by atoms with Crippen molar-refractivity contribution in [2.75, 3.05) is 40.3 Å². The van der Waals surface area contributed by atoms with Gasteiger partial charge in [0.15, 0.2) is 5.65 Å². The number of aryl methyl sites for hydroxylation is 2. The van der Waals surface area contributed by atoms with E-state index < -0.39 is 0 Å². The normalized spacial score (nSPS) is 23.2. The Balaban J connectivity index is 1.36. The summed E-state index contributed by atoms with van der Waals surface area (Å²) in [6, 6.07) is 9.07. The number of hydrogen-bond acceptors (Lipinski definition) is 7. The summed E-state index contributed by atoms with van der Waals surface area (Å²) in [6.07, 6.45) is 6.35. The third-order valence-electron chi connectivity index (χ3n) is 9.48. The van der Waals surface area contributed by atoms with Crippen LogP contribution in [0.1, 0.15) is 75.0 Å². The van der Waals surface area contributed by atoms with Crippen molar-refractivity contribution in [3.8, 4) is 5.75 Å². The van der Waals surface area contributed by atoms with Gasteiger partial charge in [0, 0.05) is 63.6 Å². The Labute approximate surface area is 240 Å². The molecule has 3 atom stereocenters. The number of piperazine rings is 1. The van der Waals surface area contributed by atoms with Gasteiger partial charge in [0.25, 0.3) is 0 Å². The highest BCUT2D eigenvalue weighted by atomic mass is 16.3. The molecule has 0 unspecified atom stereocenters. The lowest BCUT2D eigenvalue weighted by Crippen LogP contribution is -2.55. The standard InChI is InChI=1S/C32H49N7O/c1-8-10-28(39-19-22(2)34-23(3)20-39)30-35-29-24(4)25(18-33-31(29)37(30)7)21-38-15-13-32(14-16-38,36(5)6)26-11-9-12-27(40)17-26/h9,11-12,17-18,22-23,28,34,40H,8,10,13-16,19-21H2,1-7H3/t22-,23+,28-/m0/s1. The molecule has 4 heterocycles. The second-order valence-electron chi connectivity index (χ2n) is 12.6. The van der Waals surface area contributed by atoms with E-state index in [1.807, 2.05) is 12.1 Å². The number of hydrogen-bond donors (Lipinski definition) is 2. The van der Waals surface area contributed by atoms with Crippen LogP contribution in [-0.4, -0.2) is 86.7 Å². The molecule has 0 saturated carbocycles. The Hall–Kier alpha value is -2.52. The van der Waals surface area contributed by atoms with Crippen molar-refractivity contribution >= 4 is 11.2 Å². The van der Waals surface area contributed by atoms with Gasteiger partial charge >= 0.3 is 0 Å². The van der Waals surface area contributed by atoms with E-state index in [2.05, 4.69) is 85.7 Å². The monoisotopic (exact) mass is 547 g/mol. The number of benzene rings is 1. The lowest BCUT2D eigenvalue weighted by Gasteiger charge is -2.46. The van der Waals surface area contributed by atoms with Gasteiger partial charge in [0.05, 0.1) is 6.04 Å². The lowest BCUT2D eigenvalue weighted by atomic mass is 9.79. The summed E-state index contributed by atoms with van der Waals surface area (Å²) in [5.74, 6) is 1.48. The molecule has 3 aromatic rings. The predicted molar refractivity (Wildman–Crippen MR) is 163 cm³/mol. The number of rotatable bonds is 8. The molecule has 0 spiro atoms. The number of aromatic nitrogens is 3. The second-order valence-corrected chi connectivity index (χ2v) is 12.6. The number of piperidine rings is 1. The average molecular weight is 548 g/mol. The zero-order chi connectivity index (χ0) is 28.6. The number of nitrogens with zero attached hydrogens (tertiary/aromatic N) is 6. The van der Waals surface area contributed by atoms with Gasteiger partial charge in [-0.15, -0.1) is 0 Å². The van der Waals surface area contributed by atoms with Gasteiger partial charge in [0.2, 0.25) is 0 Å². The number of aromatic hydroxyl groups is 1. The molecule has 2 aromatic heterocycles. The highest BCUT2D eigenvalue weighted by molar-refractivity contribution is 5.76. The molecular weight excluding hydrogens is 498 g/mol. The minimum Gasteiger partial charge on any atom is -0.508 e. The Bertz CT molecular complexity index is 1300. The van der Waals surface area contributed by atoms with Gasteiger partial charge in [-0.2, -0.15) is 0 Å². The smallest absolute Gasteiger partial charge is 0.160 e. The summed E-state index contributed by atoms with van der Waals surface area (Å²) in [5, 5.41) is 13.8. The van der Waals surface area contributed by atoms with Crippen LogP contribution in [0.3, 0.4) is 0 Å². The third-order valence-corrected chi connectivity index (χ3v) is 9.48. The third kappa shape index (κ3) is 5.51. The fourth-order valence-electron chi connectivity index (χ4n) is 7.24. The number of phenolic OH excluding ortho intramolecular Hbond substituents is 1. The maximum atomic E-state index is 10.1. The van der Waals surface area contributed by atoms with Gasteiger partial charge in [-0.1, -0.05) is 25.5 Å². The van der Waals surface area contributed by atoms with E-state index in [1.165, 1.54) is 16.7 Å². The predicted octanol–water partition coefficient (Wildman–Crippen LogP) is 4.56. The number of fused-ring (bicyclic) bond motifs is 1. The summed E-state index contributed by atoms with van der Waals surface area (Å²) in [5.41, 5.74) is 5.70. The number of imidazole rings is 1. The average Bonchev–Trinajstić information content (AvgIpc) is 3.25. The Morgan fingerprint density at radius 1 is 1.15 bits per heavy atom. The van der Waals surface area contributed by atoms with E-state index >= 15 is 0 Å². The molecule has 218 valence electrons. The maximum Gasteiger partial charge on any atom is 0.160 e. The van der Waals surface area contributed by atoms with Gasteiger partial charge in [-0.05, 0) is 83.0 Å². The first-order valence-corrected chi connectivity index (χ1v) is 15.1. The molecule has 40 heavy (non-hydrogen) atoms. The van der Waals surface area contributed by atoms with E-state index in [1.54, 1.807) is 6.07 Å². The maximum absolute atomic E-state index is 10.1. The Morgan fingerprint density at radius 3 is 2.48 bits per heavy atom. The van der Waals surface area contributed by atoms with Crippen LogP contribution in [0.15, 0.2) is 30.5 Å². The molecule has 0 radical (unpaired) electrons. The Morgan fingerprint density at radius 2 is 1.85 bits per heavy atom. The van der Waals surface area contributed by atoms with E-state index in [0.717, 1.165) is 75.4 Å². The van der Waals surface area contributed by atoms with Crippen LogP contribution in [0.2, 0.25) is 0 Å². The molecule has 8 nitrogen and oxygen atoms in total. The zero-order valence-corrected chi connectivity index (χ0v) is 25.6. The molecule has 8 heteroatoms. The van der Waals surface area contributed by atoms with E-state index in [4.69, 9.17) is 9.97 Å². The van der Waals surface area contributed by atoms with Crippen molar-refractivity contribution in [2.24, 2.45) is 7.05 Å². The molecule has 2 aliphatic rings. The molecule has 2 saturated heterocycles. The van der Waals surface area contributed by atoms with Crippen molar-refractivity contribution in [3.63, 3.8) is 0 Å². The Kier molecular flexibility index (Phi) is 8.53. The summed E-state index contributed by atoms with van der Waals surface area (Å²) in [6.45, 7) is 14.0. The largest absolute Gasteiger partial charge is 0.508 e. The molecule has 0 bridgehead atoms. The van der Waals surface area contributed by atoms with Gasteiger partial charge < -0.3 is 15.0 Å². The highest BCUT2D eigenvalue weighted by Gasteiger charge is 2.38. The van der Waals surface area contributed by atoms with E-state index in [-0.39, 0.29) is 5.54 Å². The minimum atomic E-state index is -0.0599. The summed E-state index contributed by atoms with van der Waals surface area (Å²) < 4.78 is 2.24. The van der Waals surface area contributed by atoms with Crippen LogP contribution < -0.4 is 5.32 Å². The van der Waals surface area contributed by atoms with Gasteiger partial charge in [-0.3, -0.25) is 14.7 Å². The summed E-state index contributed by atoms with van der Waals surface area (Å²) in [7, 11) is 6.46. The van der Waals surface area contributed by atoms with Crippen LogP contribution >= 0.6 is 0 Å². The van der Waals surface area contributed by atoms with Crippen molar-refractivity contribution in [2.45, 2.75) is 83.6 Å². The SMILES string of the molecule is CCC[C@@H](c1nc2c(C)c(CN3CCC(c4cccc(O)c4)(N(C)C)CC3)cnc2n1C)N1C[C@@H](C)N[C@@H](C)C1. The molecule has 5 rings (SSSR count). The number of nitrogens with one attached hydrogen (secondary N) is 1. The number of phenols is 1. The van der Waals surface area contributed by atoms with E-state index in [9.17, 15) is 5.11 Å². The van der Waals surface area contributed by atoms with Crippen LogP contribution in [0.5, 0.6) is 5.75 Å². The van der Waals surface area contributed by atoms with Crippen molar-refractivity contribution < 1.29 is 5.11 Å². The van der Waals surface area contributed by atoms with Crippen LogP contribution in [0.25, 0.3) is 11.2 Å². The molecule has 2 aliphatic heterocycles. The number of pyridine rings is 1. The van der Waals surface area contributed by atoms with E-state index in [0.29, 0.717) is 23.9 Å². The first-order valence-electron chi connectivity index (χ1n) is 15.1. The fraction of sp³-hybridized carbons (Fsp3) is 0.625. The lowest BCUT2D eigenvalue weighted by molar-refractivity contribution is 0.0505. The first kappa shape index (κ1) is 29.0. The minimum absolute atomic E-state index is 0.0599. The van der Waals surface area contributed by atoms with Gasteiger partial charge in [0.1, 0.15) is 17.1 Å². The molecule has 2 fully saturated rings. The van der Waals surface area contributed by atoms with Crippen molar-refractivity contribution in [3.05, 3.63) is 53.0 Å². The molecule has 2 N–H and O–H groups in total. The first-order chi connectivity index (χ1) is 19.1. The fourth-order valence-corrected chi connectivity index (χ4v) is 7.24. The number of likely N-dealkylation sites (tertiary alicyclic amines) is 1. The highest BCUT2D eigenvalue weighted by Crippen LogP contribution is 2.39. The molecular formula is C32H49N7O. The van der Waals surface area contributed by atoms with Crippen LogP contribution in [0.4, 0.5) is 0 Å².